The van der Waals surface area contributed by atoms with Crippen molar-refractivity contribution in [3.8, 4) is 22.6 Å². The highest BCUT2D eigenvalue weighted by Gasteiger charge is 2.34. The average Bonchev–Trinajstić information content (AvgIpc) is 3.29. The first-order valence-electron chi connectivity index (χ1n) is 11.3. The van der Waals surface area contributed by atoms with Gasteiger partial charge in [-0.05, 0) is 29.8 Å². The number of pyridine rings is 1. The summed E-state index contributed by atoms with van der Waals surface area (Å²) in [6.07, 6.45) is -2.99. The van der Waals surface area contributed by atoms with Crippen LogP contribution in [-0.4, -0.2) is 19.7 Å². The third-order valence-electron chi connectivity index (χ3n) is 5.79. The minimum Gasteiger partial charge on any atom is -0.298 e. The monoisotopic (exact) mass is 520 g/mol. The van der Waals surface area contributed by atoms with Crippen molar-refractivity contribution in [1.82, 2.24) is 19.7 Å². The van der Waals surface area contributed by atoms with Gasteiger partial charge in [0.1, 0.15) is 5.82 Å². The van der Waals surface area contributed by atoms with Gasteiger partial charge in [0.15, 0.2) is 11.0 Å². The zero-order valence-electron chi connectivity index (χ0n) is 19.4. The molecule has 0 saturated carbocycles. The predicted molar refractivity (Wildman–Crippen MR) is 137 cm³/mol. The molecule has 0 saturated heterocycles. The SMILES string of the molecule is C=CCn1c(SCc2ccc(F)cc2C(F)(F)F)nnc1-c1cc(-c2ccccc2)nc2ccccc12. The van der Waals surface area contributed by atoms with E-state index in [0.717, 1.165) is 51.6 Å². The first-order chi connectivity index (χ1) is 17.8. The number of fused-ring (bicyclic) bond motifs is 1. The summed E-state index contributed by atoms with van der Waals surface area (Å²) >= 11 is 1.10. The lowest BCUT2D eigenvalue weighted by atomic mass is 10.0. The second-order valence-electron chi connectivity index (χ2n) is 8.23. The molecule has 2 aromatic heterocycles. The van der Waals surface area contributed by atoms with E-state index in [0.29, 0.717) is 23.6 Å². The maximum atomic E-state index is 13.5. The van der Waals surface area contributed by atoms with Crippen molar-refractivity contribution in [2.45, 2.75) is 23.6 Å². The Hall–Kier alpha value is -3.98. The Bertz CT molecular complexity index is 1580. The second kappa shape index (κ2) is 10.2. The Labute approximate surface area is 214 Å². The fourth-order valence-corrected chi connectivity index (χ4v) is 5.04. The van der Waals surface area contributed by atoms with Crippen LogP contribution in [0.25, 0.3) is 33.5 Å². The molecule has 5 aromatic rings. The van der Waals surface area contributed by atoms with Gasteiger partial charge in [-0.1, -0.05) is 72.4 Å². The van der Waals surface area contributed by atoms with Gasteiger partial charge in [-0.2, -0.15) is 13.2 Å². The Morgan fingerprint density at radius 3 is 2.43 bits per heavy atom. The van der Waals surface area contributed by atoms with E-state index in [4.69, 9.17) is 4.98 Å². The third kappa shape index (κ3) is 5.13. The van der Waals surface area contributed by atoms with Crippen LogP contribution in [0.3, 0.4) is 0 Å². The van der Waals surface area contributed by atoms with Crippen molar-refractivity contribution in [2.24, 2.45) is 0 Å². The lowest BCUT2D eigenvalue weighted by Gasteiger charge is -2.14. The number of hydrogen-bond donors (Lipinski definition) is 0. The highest BCUT2D eigenvalue weighted by molar-refractivity contribution is 7.98. The molecule has 0 amide bonds. The number of hydrogen-bond acceptors (Lipinski definition) is 4. The van der Waals surface area contributed by atoms with E-state index in [2.05, 4.69) is 16.8 Å². The predicted octanol–water partition coefficient (Wildman–Crippen LogP) is 7.80. The first kappa shape index (κ1) is 24.7. The summed E-state index contributed by atoms with van der Waals surface area (Å²) in [6, 6.07) is 22.1. The van der Waals surface area contributed by atoms with E-state index < -0.39 is 17.6 Å². The third-order valence-corrected chi connectivity index (χ3v) is 6.80. The van der Waals surface area contributed by atoms with Crippen molar-refractivity contribution in [3.05, 3.63) is 108 Å². The lowest BCUT2D eigenvalue weighted by molar-refractivity contribution is -0.138. The van der Waals surface area contributed by atoms with Gasteiger partial charge < -0.3 is 0 Å². The molecule has 0 bridgehead atoms. The second-order valence-corrected chi connectivity index (χ2v) is 9.17. The van der Waals surface area contributed by atoms with E-state index >= 15 is 0 Å². The van der Waals surface area contributed by atoms with Crippen LogP contribution >= 0.6 is 11.8 Å². The summed E-state index contributed by atoms with van der Waals surface area (Å²) < 4.78 is 55.8. The highest BCUT2D eigenvalue weighted by atomic mass is 32.2. The van der Waals surface area contributed by atoms with Crippen LogP contribution < -0.4 is 0 Å². The highest BCUT2D eigenvalue weighted by Crippen LogP contribution is 2.37. The summed E-state index contributed by atoms with van der Waals surface area (Å²) in [5.74, 6) is -0.443. The maximum absolute atomic E-state index is 13.5. The molecule has 186 valence electrons. The molecule has 0 atom stereocenters. The fraction of sp³-hybridized carbons (Fsp3) is 0.107. The summed E-state index contributed by atoms with van der Waals surface area (Å²) in [6.45, 7) is 4.17. The van der Waals surface area contributed by atoms with Gasteiger partial charge in [0.25, 0.3) is 0 Å². The molecule has 9 heteroatoms. The van der Waals surface area contributed by atoms with Gasteiger partial charge in [0, 0.05) is 28.8 Å². The number of nitrogens with zero attached hydrogens (tertiary/aromatic N) is 4. The van der Waals surface area contributed by atoms with Gasteiger partial charge in [0.2, 0.25) is 0 Å². The first-order valence-corrected chi connectivity index (χ1v) is 12.3. The van der Waals surface area contributed by atoms with Crippen LogP contribution in [0.4, 0.5) is 17.6 Å². The molecular weight excluding hydrogens is 500 g/mol. The van der Waals surface area contributed by atoms with Gasteiger partial charge >= 0.3 is 6.18 Å². The normalized spacial score (nSPS) is 11.7. The number of benzene rings is 3. The average molecular weight is 521 g/mol. The summed E-state index contributed by atoms with van der Waals surface area (Å²) in [7, 11) is 0. The van der Waals surface area contributed by atoms with Crippen LogP contribution in [0, 0.1) is 5.82 Å². The van der Waals surface area contributed by atoms with Crippen LogP contribution in [0.2, 0.25) is 0 Å². The van der Waals surface area contributed by atoms with Crippen LogP contribution in [0.15, 0.2) is 96.7 Å². The van der Waals surface area contributed by atoms with Crippen LogP contribution in [0.1, 0.15) is 11.1 Å². The molecule has 4 nitrogen and oxygen atoms in total. The number of halogens is 4. The number of thioether (sulfide) groups is 1. The number of alkyl halides is 3. The van der Waals surface area contributed by atoms with Crippen molar-refractivity contribution >= 4 is 22.7 Å². The summed E-state index contributed by atoms with van der Waals surface area (Å²) in [5.41, 5.74) is 2.25. The molecule has 5 rings (SSSR count). The molecule has 0 aliphatic carbocycles. The number of allylic oxidation sites excluding steroid dienone is 1. The molecule has 0 fully saturated rings. The van der Waals surface area contributed by atoms with Crippen LogP contribution in [-0.2, 0) is 18.5 Å². The molecule has 37 heavy (non-hydrogen) atoms. The van der Waals surface area contributed by atoms with Gasteiger partial charge in [-0.3, -0.25) is 4.57 Å². The Morgan fingerprint density at radius 2 is 1.68 bits per heavy atom. The smallest absolute Gasteiger partial charge is 0.298 e. The van der Waals surface area contributed by atoms with E-state index in [-0.39, 0.29) is 11.3 Å². The number of para-hydroxylation sites is 1. The molecule has 0 unspecified atom stereocenters. The van der Waals surface area contributed by atoms with Crippen LogP contribution in [0.5, 0.6) is 0 Å². The molecule has 2 heterocycles. The lowest BCUT2D eigenvalue weighted by Crippen LogP contribution is -2.09. The minimum absolute atomic E-state index is 0.0330. The summed E-state index contributed by atoms with van der Waals surface area (Å²) in [5, 5.41) is 10.0. The van der Waals surface area contributed by atoms with Gasteiger partial charge in [-0.25, -0.2) is 9.37 Å². The molecular formula is C28H20F4N4S. The van der Waals surface area contributed by atoms with E-state index in [1.807, 2.05) is 65.2 Å². The Morgan fingerprint density at radius 1 is 0.919 bits per heavy atom. The largest absolute Gasteiger partial charge is 0.416 e. The zero-order chi connectivity index (χ0) is 26.0. The molecule has 3 aromatic carbocycles. The fourth-order valence-electron chi connectivity index (χ4n) is 4.09. The number of aromatic nitrogens is 4. The van der Waals surface area contributed by atoms with E-state index in [9.17, 15) is 17.6 Å². The molecule has 0 N–H and O–H groups in total. The maximum Gasteiger partial charge on any atom is 0.416 e. The zero-order valence-corrected chi connectivity index (χ0v) is 20.2. The quantitative estimate of drug-likeness (QED) is 0.125. The van der Waals surface area contributed by atoms with Crippen molar-refractivity contribution < 1.29 is 17.6 Å². The molecule has 0 spiro atoms. The minimum atomic E-state index is -4.66. The van der Waals surface area contributed by atoms with Gasteiger partial charge in [0.05, 0.1) is 16.8 Å². The van der Waals surface area contributed by atoms with Crippen molar-refractivity contribution in [3.63, 3.8) is 0 Å². The Balaban J connectivity index is 1.57. The number of rotatable bonds is 7. The molecule has 0 aliphatic heterocycles. The van der Waals surface area contributed by atoms with Crippen molar-refractivity contribution in [2.75, 3.05) is 0 Å². The van der Waals surface area contributed by atoms with Crippen molar-refractivity contribution in [1.29, 1.82) is 0 Å². The summed E-state index contributed by atoms with van der Waals surface area (Å²) in [4.78, 5) is 4.81. The standard InChI is InChI=1S/C28H20F4N4S/c1-2-14-36-26(34-35-27(36)37-17-19-12-13-20(29)15-23(19)28(30,31)32)22-16-25(18-8-4-3-5-9-18)33-24-11-7-6-10-21(22)24/h2-13,15-16H,1,14,17H2. The van der Waals surface area contributed by atoms with E-state index in [1.165, 1.54) is 0 Å². The topological polar surface area (TPSA) is 43.6 Å². The molecule has 0 radical (unpaired) electrons. The Kier molecular flexibility index (Phi) is 6.80. The molecule has 0 aliphatic rings. The van der Waals surface area contributed by atoms with Gasteiger partial charge in [-0.15, -0.1) is 16.8 Å². The van der Waals surface area contributed by atoms with E-state index in [1.54, 1.807) is 6.08 Å².